The van der Waals surface area contributed by atoms with Crippen molar-refractivity contribution in [2.24, 2.45) is 5.92 Å². The Balaban J connectivity index is 1.55. The molecule has 3 unspecified atom stereocenters. The lowest BCUT2D eigenvalue weighted by Gasteiger charge is -2.35. The molecule has 1 fully saturated rings. The van der Waals surface area contributed by atoms with Crippen LogP contribution in [0.4, 0.5) is 10.1 Å². The van der Waals surface area contributed by atoms with Crippen LogP contribution in [0.1, 0.15) is 27.4 Å². The number of fused-ring (bicyclic) bond motifs is 3. The van der Waals surface area contributed by atoms with Crippen LogP contribution in [0.5, 0.6) is 17.2 Å². The molecule has 3 aromatic carbocycles. The number of nitrogens with zero attached hydrogens (tertiary/aromatic N) is 1. The summed E-state index contributed by atoms with van der Waals surface area (Å²) in [5.74, 6) is -0.321. The molecule has 1 N–H and O–H groups in total. The van der Waals surface area contributed by atoms with Crippen LogP contribution in [0.2, 0.25) is 0 Å². The summed E-state index contributed by atoms with van der Waals surface area (Å²) in [4.78, 5) is 30.0. The lowest BCUT2D eigenvalue weighted by atomic mass is 9.70. The molecule has 1 amide bonds. The molecule has 0 aliphatic carbocycles. The smallest absolute Gasteiger partial charge is 0.250 e. The fraction of sp³-hybridized carbons (Fsp3) is 0.259. The lowest BCUT2D eigenvalue weighted by molar-refractivity contribution is -0.126. The van der Waals surface area contributed by atoms with Gasteiger partial charge in [0.15, 0.2) is 17.3 Å². The number of methoxy groups -OCH3 is 1. The summed E-state index contributed by atoms with van der Waals surface area (Å²) in [6.07, 6.45) is 0. The Hall–Kier alpha value is -3.91. The number of likely N-dealkylation sites (N-methyl/N-ethyl adjacent to an activating group) is 1. The van der Waals surface area contributed by atoms with Crippen LogP contribution in [-0.4, -0.2) is 44.1 Å². The molecule has 3 aliphatic rings. The molecule has 0 bridgehead atoms. The van der Waals surface area contributed by atoms with E-state index in [-0.39, 0.29) is 30.2 Å². The monoisotopic (exact) mass is 474 g/mol. The number of amides is 1. The Morgan fingerprint density at radius 2 is 1.86 bits per heavy atom. The second kappa shape index (κ2) is 7.81. The Morgan fingerprint density at radius 1 is 1.09 bits per heavy atom. The number of benzene rings is 3. The highest BCUT2D eigenvalue weighted by Crippen LogP contribution is 2.56. The maximum atomic E-state index is 14.3. The zero-order valence-corrected chi connectivity index (χ0v) is 19.2. The molecular formula is C27H23FN2O5. The molecule has 1 saturated heterocycles. The van der Waals surface area contributed by atoms with E-state index in [9.17, 15) is 14.0 Å². The van der Waals surface area contributed by atoms with Crippen molar-refractivity contribution in [1.29, 1.82) is 0 Å². The molecule has 7 nitrogen and oxygen atoms in total. The van der Waals surface area contributed by atoms with Crippen LogP contribution < -0.4 is 19.5 Å². The van der Waals surface area contributed by atoms with Gasteiger partial charge in [-0.1, -0.05) is 12.1 Å². The third-order valence-electron chi connectivity index (χ3n) is 7.39. The van der Waals surface area contributed by atoms with E-state index in [2.05, 4.69) is 5.32 Å². The number of likely N-dealkylation sites (tertiary alicyclic amines) is 1. The predicted molar refractivity (Wildman–Crippen MR) is 125 cm³/mol. The normalized spacial score (nSPS) is 24.5. The minimum absolute atomic E-state index is 0.0941. The number of ketones is 1. The largest absolute Gasteiger partial charge is 0.497 e. The number of ether oxygens (including phenoxy) is 3. The van der Waals surface area contributed by atoms with Gasteiger partial charge < -0.3 is 19.5 Å². The first-order valence-corrected chi connectivity index (χ1v) is 11.3. The third-order valence-corrected chi connectivity index (χ3v) is 7.39. The van der Waals surface area contributed by atoms with E-state index in [0.29, 0.717) is 40.6 Å². The minimum atomic E-state index is -1.27. The molecule has 178 valence electrons. The quantitative estimate of drug-likeness (QED) is 0.578. The molecule has 1 spiro atoms. The number of halogens is 1. The summed E-state index contributed by atoms with van der Waals surface area (Å²) >= 11 is 0. The number of rotatable bonds is 4. The Labute approximate surface area is 201 Å². The standard InChI is InChI=1S/C27H23FN2O5/c1-30-13-19(15-3-6-17(28)7-4-15)24(25(31)16-5-10-22-23(11-16)35-14-34-22)27(30)20-12-18(33-2)8-9-21(20)29-26(27)32/h3-12,19,24H,13-14H2,1-2H3,(H,29,32). The first-order chi connectivity index (χ1) is 16.9. The Bertz CT molecular complexity index is 1360. The van der Waals surface area contributed by atoms with Gasteiger partial charge in [-0.25, -0.2) is 4.39 Å². The molecule has 3 aromatic rings. The summed E-state index contributed by atoms with van der Waals surface area (Å²) < 4.78 is 30.1. The molecule has 3 atom stereocenters. The van der Waals surface area contributed by atoms with Crippen molar-refractivity contribution in [2.75, 3.05) is 32.8 Å². The zero-order chi connectivity index (χ0) is 24.3. The molecule has 0 radical (unpaired) electrons. The molecule has 3 heterocycles. The number of carbonyl (C=O) groups is 2. The fourth-order valence-corrected chi connectivity index (χ4v) is 5.79. The number of hydrogen-bond donors (Lipinski definition) is 1. The second-order valence-electron chi connectivity index (χ2n) is 9.08. The minimum Gasteiger partial charge on any atom is -0.497 e. The van der Waals surface area contributed by atoms with Crippen LogP contribution in [0.25, 0.3) is 0 Å². The highest BCUT2D eigenvalue weighted by molar-refractivity contribution is 6.12. The number of hydrogen-bond acceptors (Lipinski definition) is 6. The van der Waals surface area contributed by atoms with Crippen molar-refractivity contribution < 1.29 is 28.2 Å². The van der Waals surface area contributed by atoms with Gasteiger partial charge in [0.05, 0.1) is 13.0 Å². The van der Waals surface area contributed by atoms with E-state index in [1.165, 1.54) is 12.1 Å². The van der Waals surface area contributed by atoms with E-state index in [1.807, 2.05) is 18.0 Å². The number of carbonyl (C=O) groups excluding carboxylic acids is 2. The summed E-state index contributed by atoms with van der Waals surface area (Å²) in [5.41, 5.74) is 1.28. The zero-order valence-electron chi connectivity index (χ0n) is 19.2. The highest BCUT2D eigenvalue weighted by atomic mass is 19.1. The van der Waals surface area contributed by atoms with Gasteiger partial charge in [0, 0.05) is 29.3 Å². The van der Waals surface area contributed by atoms with Crippen LogP contribution in [0.3, 0.4) is 0 Å². The molecule has 3 aliphatic heterocycles. The maximum absolute atomic E-state index is 14.3. The Kier molecular flexibility index (Phi) is 4.82. The van der Waals surface area contributed by atoms with Crippen molar-refractivity contribution in [3.63, 3.8) is 0 Å². The van der Waals surface area contributed by atoms with E-state index in [0.717, 1.165) is 5.56 Å². The molecule has 6 rings (SSSR count). The molecule has 35 heavy (non-hydrogen) atoms. The van der Waals surface area contributed by atoms with Gasteiger partial charge in [-0.05, 0) is 61.1 Å². The molecule has 8 heteroatoms. The van der Waals surface area contributed by atoms with Gasteiger partial charge in [-0.2, -0.15) is 0 Å². The summed E-state index contributed by atoms with van der Waals surface area (Å²) in [6, 6.07) is 16.6. The maximum Gasteiger partial charge on any atom is 0.250 e. The number of nitrogens with one attached hydrogen (secondary N) is 1. The summed E-state index contributed by atoms with van der Waals surface area (Å²) in [7, 11) is 3.41. The van der Waals surface area contributed by atoms with Crippen molar-refractivity contribution >= 4 is 17.4 Å². The van der Waals surface area contributed by atoms with E-state index in [1.54, 1.807) is 49.6 Å². The van der Waals surface area contributed by atoms with Crippen molar-refractivity contribution in [3.05, 3.63) is 83.2 Å². The van der Waals surface area contributed by atoms with Crippen LogP contribution in [0, 0.1) is 11.7 Å². The van der Waals surface area contributed by atoms with Gasteiger partial charge in [-0.3, -0.25) is 14.5 Å². The SMILES string of the molecule is COc1ccc2c(c1)C1(C(=O)N2)C(C(=O)c2ccc3c(c2)OCO3)C(c2ccc(F)cc2)CN1C. The van der Waals surface area contributed by atoms with Crippen LogP contribution in [0.15, 0.2) is 60.7 Å². The average molecular weight is 474 g/mol. The first-order valence-electron chi connectivity index (χ1n) is 11.3. The van der Waals surface area contributed by atoms with Gasteiger partial charge in [0.2, 0.25) is 12.7 Å². The van der Waals surface area contributed by atoms with Gasteiger partial charge in [-0.15, -0.1) is 0 Å². The topological polar surface area (TPSA) is 77.1 Å². The average Bonchev–Trinajstić information content (AvgIpc) is 3.54. The Morgan fingerprint density at radius 3 is 2.63 bits per heavy atom. The highest BCUT2D eigenvalue weighted by Gasteiger charge is 2.64. The first kappa shape index (κ1) is 21.6. The van der Waals surface area contributed by atoms with E-state index >= 15 is 0 Å². The van der Waals surface area contributed by atoms with Crippen molar-refractivity contribution in [3.8, 4) is 17.2 Å². The molecule has 0 saturated carbocycles. The van der Waals surface area contributed by atoms with E-state index in [4.69, 9.17) is 14.2 Å². The second-order valence-corrected chi connectivity index (χ2v) is 9.08. The summed E-state index contributed by atoms with van der Waals surface area (Å²) in [5, 5.41) is 2.98. The van der Waals surface area contributed by atoms with Crippen molar-refractivity contribution in [1.82, 2.24) is 4.90 Å². The third kappa shape index (κ3) is 3.06. The van der Waals surface area contributed by atoms with Gasteiger partial charge >= 0.3 is 0 Å². The van der Waals surface area contributed by atoms with E-state index < -0.39 is 11.5 Å². The summed E-state index contributed by atoms with van der Waals surface area (Å²) in [6.45, 7) is 0.521. The number of Topliss-reactive ketones (excluding diaryl/α,β-unsaturated/α-hetero) is 1. The predicted octanol–water partition coefficient (Wildman–Crippen LogP) is 3.94. The van der Waals surface area contributed by atoms with Crippen molar-refractivity contribution in [2.45, 2.75) is 11.5 Å². The van der Waals surface area contributed by atoms with Gasteiger partial charge in [0.25, 0.3) is 0 Å². The molecular weight excluding hydrogens is 451 g/mol. The fourth-order valence-electron chi connectivity index (χ4n) is 5.79. The molecule has 0 aromatic heterocycles. The van der Waals surface area contributed by atoms with Crippen LogP contribution >= 0.6 is 0 Å². The number of anilines is 1. The van der Waals surface area contributed by atoms with Crippen LogP contribution in [-0.2, 0) is 10.3 Å². The van der Waals surface area contributed by atoms with Gasteiger partial charge in [0.1, 0.15) is 17.1 Å². The lowest BCUT2D eigenvalue weighted by Crippen LogP contribution is -2.51.